The van der Waals surface area contributed by atoms with E-state index in [1.165, 1.54) is 84.2 Å². The molecule has 0 saturated carbocycles. The smallest absolute Gasteiger partial charge is 0.0804 e. The Morgan fingerprint density at radius 3 is 1.88 bits per heavy atom. The number of fused-ring (bicyclic) bond motifs is 11. The molecule has 0 N–H and O–H groups in total. The fourth-order valence-electron chi connectivity index (χ4n) is 7.29. The molecule has 0 amide bonds. The molecular formula is C38H24N2S2. The zero-order chi connectivity index (χ0) is 27.4. The SMILES string of the molecule is C1=c2c(sc3ccccc23)=C(n2c3ccccc3c3c2c2ccccc2n3-c2cccc3c2sc2ccccc23)CC1. The minimum Gasteiger partial charge on any atom is -0.309 e. The van der Waals surface area contributed by atoms with Crippen molar-refractivity contribution in [1.29, 1.82) is 0 Å². The first-order valence-electron chi connectivity index (χ1n) is 14.5. The van der Waals surface area contributed by atoms with E-state index in [2.05, 4.69) is 130 Å². The normalized spacial score (nSPS) is 13.7. The Bertz CT molecular complexity index is 2690. The molecule has 9 aromatic rings. The molecule has 0 atom stereocenters. The first-order valence-corrected chi connectivity index (χ1v) is 16.1. The molecule has 0 saturated heterocycles. The van der Waals surface area contributed by atoms with Gasteiger partial charge in [0, 0.05) is 42.0 Å². The minimum absolute atomic E-state index is 1.03. The van der Waals surface area contributed by atoms with Crippen LogP contribution >= 0.6 is 22.7 Å². The Morgan fingerprint density at radius 2 is 1.10 bits per heavy atom. The highest BCUT2D eigenvalue weighted by Crippen LogP contribution is 2.44. The van der Waals surface area contributed by atoms with Crippen LogP contribution in [0.2, 0.25) is 0 Å². The first kappa shape index (κ1) is 23.0. The molecule has 10 rings (SSSR count). The van der Waals surface area contributed by atoms with Gasteiger partial charge >= 0.3 is 0 Å². The molecule has 5 aromatic carbocycles. The fourth-order valence-corrected chi connectivity index (χ4v) is 9.76. The summed E-state index contributed by atoms with van der Waals surface area (Å²) in [6.07, 6.45) is 4.53. The molecule has 1 aliphatic rings. The number of thiophene rings is 2. The second kappa shape index (κ2) is 8.45. The summed E-state index contributed by atoms with van der Waals surface area (Å²) in [6.45, 7) is 0. The molecule has 0 fully saturated rings. The molecule has 42 heavy (non-hydrogen) atoms. The zero-order valence-electron chi connectivity index (χ0n) is 22.7. The van der Waals surface area contributed by atoms with Gasteiger partial charge < -0.3 is 9.13 Å². The molecule has 4 aromatic heterocycles. The second-order valence-corrected chi connectivity index (χ2v) is 13.3. The van der Waals surface area contributed by atoms with E-state index in [4.69, 9.17) is 0 Å². The number of benzene rings is 5. The molecule has 198 valence electrons. The van der Waals surface area contributed by atoms with Crippen LogP contribution in [0.25, 0.3) is 80.6 Å². The van der Waals surface area contributed by atoms with E-state index in [-0.39, 0.29) is 0 Å². The van der Waals surface area contributed by atoms with Gasteiger partial charge in [-0.15, -0.1) is 22.7 Å². The maximum absolute atomic E-state index is 2.61. The molecule has 0 bridgehead atoms. The monoisotopic (exact) mass is 572 g/mol. The highest BCUT2D eigenvalue weighted by atomic mass is 32.1. The van der Waals surface area contributed by atoms with Crippen LogP contribution in [-0.4, -0.2) is 9.13 Å². The van der Waals surface area contributed by atoms with Crippen LogP contribution in [0, 0.1) is 0 Å². The fraction of sp³-hybridized carbons (Fsp3) is 0.0526. The molecule has 0 spiro atoms. The average molecular weight is 573 g/mol. The predicted molar refractivity (Wildman–Crippen MR) is 183 cm³/mol. The van der Waals surface area contributed by atoms with Crippen LogP contribution in [0.5, 0.6) is 0 Å². The summed E-state index contributed by atoms with van der Waals surface area (Å²) >= 11 is 3.84. The Hall–Kier alpha value is -4.64. The molecule has 1 aliphatic carbocycles. The maximum atomic E-state index is 2.61. The molecule has 4 heterocycles. The average Bonchev–Trinajstić information content (AvgIpc) is 3.78. The van der Waals surface area contributed by atoms with Crippen molar-refractivity contribution in [3.63, 3.8) is 0 Å². The van der Waals surface area contributed by atoms with Crippen molar-refractivity contribution in [2.75, 3.05) is 0 Å². The predicted octanol–water partition coefficient (Wildman–Crippen LogP) is 9.55. The van der Waals surface area contributed by atoms with Crippen molar-refractivity contribution in [2.24, 2.45) is 0 Å². The number of nitrogens with zero attached hydrogens (tertiary/aromatic N) is 2. The summed E-state index contributed by atoms with van der Waals surface area (Å²) in [4.78, 5) is 0. The van der Waals surface area contributed by atoms with E-state index in [0.717, 1.165) is 12.8 Å². The van der Waals surface area contributed by atoms with Crippen LogP contribution < -0.4 is 9.75 Å². The molecule has 0 radical (unpaired) electrons. The van der Waals surface area contributed by atoms with Gasteiger partial charge in [0.1, 0.15) is 0 Å². The highest BCUT2D eigenvalue weighted by Gasteiger charge is 2.25. The van der Waals surface area contributed by atoms with Crippen molar-refractivity contribution in [2.45, 2.75) is 12.8 Å². The Labute approximate surface area is 249 Å². The van der Waals surface area contributed by atoms with Crippen molar-refractivity contribution >= 4 is 97.5 Å². The number of para-hydroxylation sites is 2. The van der Waals surface area contributed by atoms with Crippen molar-refractivity contribution in [3.8, 4) is 5.69 Å². The summed E-state index contributed by atoms with van der Waals surface area (Å²) in [5.41, 5.74) is 7.82. The standard InChI is InChI=1S/C38H24N2S2/c1-5-17-29-27(13-1)35-36(39(29)31-19-9-15-25-23-11-3-7-21-33(23)41-37(25)31)28-14-2-6-18-30(28)40(35)32-20-10-16-26-24-12-4-8-22-34(24)42-38(26)32/h1-9,11-19,21-22H,10,20H2. The largest absolute Gasteiger partial charge is 0.309 e. The van der Waals surface area contributed by atoms with Crippen LogP contribution in [0.1, 0.15) is 12.8 Å². The third kappa shape index (κ3) is 2.93. The van der Waals surface area contributed by atoms with Gasteiger partial charge in [-0.1, -0.05) is 91.0 Å². The van der Waals surface area contributed by atoms with Gasteiger partial charge in [0.25, 0.3) is 0 Å². The Morgan fingerprint density at radius 1 is 0.500 bits per heavy atom. The number of hydrogen-bond donors (Lipinski definition) is 0. The Balaban J connectivity index is 1.43. The maximum Gasteiger partial charge on any atom is 0.0804 e. The molecule has 0 aliphatic heterocycles. The van der Waals surface area contributed by atoms with Gasteiger partial charge in [0.05, 0.1) is 37.0 Å². The van der Waals surface area contributed by atoms with E-state index in [1.807, 2.05) is 22.7 Å². The number of hydrogen-bond acceptors (Lipinski definition) is 2. The van der Waals surface area contributed by atoms with Crippen molar-refractivity contribution in [3.05, 3.63) is 125 Å². The van der Waals surface area contributed by atoms with E-state index in [0.29, 0.717) is 0 Å². The minimum atomic E-state index is 1.03. The number of aromatic nitrogens is 2. The lowest BCUT2D eigenvalue weighted by molar-refractivity contribution is 0.999. The summed E-state index contributed by atoms with van der Waals surface area (Å²) in [6, 6.07) is 42.5. The van der Waals surface area contributed by atoms with Gasteiger partial charge in [0.2, 0.25) is 0 Å². The summed E-state index contributed by atoms with van der Waals surface area (Å²) < 4.78 is 10.6. The van der Waals surface area contributed by atoms with Gasteiger partial charge in [-0.3, -0.25) is 0 Å². The van der Waals surface area contributed by atoms with Gasteiger partial charge in [-0.25, -0.2) is 0 Å². The lowest BCUT2D eigenvalue weighted by atomic mass is 10.1. The van der Waals surface area contributed by atoms with Crippen LogP contribution in [-0.2, 0) is 0 Å². The second-order valence-electron chi connectivity index (χ2n) is 11.2. The lowest BCUT2D eigenvalue weighted by Gasteiger charge is -2.14. The molecule has 2 nitrogen and oxygen atoms in total. The Kier molecular flexibility index (Phi) is 4.62. The molecule has 4 heteroatoms. The third-order valence-electron chi connectivity index (χ3n) is 8.99. The van der Waals surface area contributed by atoms with Crippen LogP contribution in [0.4, 0.5) is 0 Å². The zero-order valence-corrected chi connectivity index (χ0v) is 24.3. The molecular weight excluding hydrogens is 549 g/mol. The van der Waals surface area contributed by atoms with Gasteiger partial charge in [-0.2, -0.15) is 0 Å². The lowest BCUT2D eigenvalue weighted by Crippen LogP contribution is -2.27. The van der Waals surface area contributed by atoms with Gasteiger partial charge in [0.15, 0.2) is 0 Å². The highest BCUT2D eigenvalue weighted by molar-refractivity contribution is 7.26. The first-order chi connectivity index (χ1) is 20.9. The summed E-state index contributed by atoms with van der Waals surface area (Å²) in [5.74, 6) is 0. The quantitative estimate of drug-likeness (QED) is 0.195. The number of rotatable bonds is 2. The van der Waals surface area contributed by atoms with E-state index in [1.54, 1.807) is 0 Å². The van der Waals surface area contributed by atoms with Crippen LogP contribution in [0.15, 0.2) is 115 Å². The topological polar surface area (TPSA) is 9.86 Å². The summed E-state index contributed by atoms with van der Waals surface area (Å²) in [5, 5.41) is 8.04. The van der Waals surface area contributed by atoms with Crippen molar-refractivity contribution in [1.82, 2.24) is 9.13 Å². The van der Waals surface area contributed by atoms with Crippen LogP contribution in [0.3, 0.4) is 0 Å². The van der Waals surface area contributed by atoms with Crippen molar-refractivity contribution < 1.29 is 0 Å². The van der Waals surface area contributed by atoms with E-state index >= 15 is 0 Å². The van der Waals surface area contributed by atoms with Gasteiger partial charge in [-0.05, 0) is 48.4 Å². The van der Waals surface area contributed by atoms with E-state index in [9.17, 15) is 0 Å². The third-order valence-corrected chi connectivity index (χ3v) is 11.4. The molecule has 0 unspecified atom stereocenters. The van der Waals surface area contributed by atoms with E-state index < -0.39 is 0 Å². The summed E-state index contributed by atoms with van der Waals surface area (Å²) in [7, 11) is 0.